The van der Waals surface area contributed by atoms with Crippen molar-refractivity contribution in [3.05, 3.63) is 71.5 Å². The summed E-state index contributed by atoms with van der Waals surface area (Å²) >= 11 is 6.00. The van der Waals surface area contributed by atoms with Gasteiger partial charge in [0.1, 0.15) is 10.7 Å². The summed E-state index contributed by atoms with van der Waals surface area (Å²) < 4.78 is 27.6. The molecule has 0 bridgehead atoms. The normalized spacial score (nSPS) is 15.1. The van der Waals surface area contributed by atoms with Crippen LogP contribution in [0.25, 0.3) is 22.3 Å². The third-order valence-corrected chi connectivity index (χ3v) is 7.57. The van der Waals surface area contributed by atoms with Gasteiger partial charge < -0.3 is 9.88 Å². The van der Waals surface area contributed by atoms with E-state index in [1.807, 2.05) is 18.2 Å². The van der Waals surface area contributed by atoms with E-state index in [0.717, 1.165) is 5.39 Å². The van der Waals surface area contributed by atoms with Gasteiger partial charge in [0.2, 0.25) is 0 Å². The van der Waals surface area contributed by atoms with Crippen molar-refractivity contribution in [2.45, 2.75) is 5.03 Å². The van der Waals surface area contributed by atoms with Crippen LogP contribution >= 0.6 is 11.6 Å². The zero-order chi connectivity index (χ0) is 23.0. The number of carbonyl (C=O) groups excluding carboxylic acids is 1. The molecule has 0 atom stereocenters. The molecular weight excluding hydrogens is 464 g/mol. The summed E-state index contributed by atoms with van der Waals surface area (Å²) in [5.74, 6) is -0.285. The van der Waals surface area contributed by atoms with E-state index in [4.69, 9.17) is 11.6 Å². The summed E-state index contributed by atoms with van der Waals surface area (Å²) in [4.78, 5) is 21.6. The summed E-state index contributed by atoms with van der Waals surface area (Å²) in [6.45, 7) is 0.884. The van der Waals surface area contributed by atoms with Crippen molar-refractivity contribution in [1.82, 2.24) is 29.4 Å². The molecule has 1 N–H and O–H groups in total. The number of piperazine rings is 1. The number of hydrogen-bond donors (Lipinski definition) is 1. The van der Waals surface area contributed by atoms with Gasteiger partial charge in [0.25, 0.3) is 15.9 Å². The zero-order valence-electron chi connectivity index (χ0n) is 17.3. The Morgan fingerprint density at radius 1 is 0.939 bits per heavy atom. The fourth-order valence-electron chi connectivity index (χ4n) is 3.75. The molecule has 0 unspecified atom stereocenters. The molecule has 1 amide bonds. The average Bonchev–Trinajstić information content (AvgIpc) is 3.28. The zero-order valence-corrected chi connectivity index (χ0v) is 18.9. The lowest BCUT2D eigenvalue weighted by molar-refractivity contribution is 0.0690. The highest BCUT2D eigenvalue weighted by atomic mass is 35.5. The lowest BCUT2D eigenvalue weighted by Crippen LogP contribution is -2.50. The first-order chi connectivity index (χ1) is 15.9. The molecule has 0 saturated carbocycles. The van der Waals surface area contributed by atoms with Crippen molar-refractivity contribution in [3.63, 3.8) is 0 Å². The molecule has 1 aromatic carbocycles. The molecule has 0 aliphatic carbocycles. The van der Waals surface area contributed by atoms with Gasteiger partial charge in [0.15, 0.2) is 5.69 Å². The van der Waals surface area contributed by atoms with Crippen LogP contribution in [0, 0.1) is 0 Å². The van der Waals surface area contributed by atoms with Crippen LogP contribution in [0.3, 0.4) is 0 Å². The van der Waals surface area contributed by atoms with Crippen molar-refractivity contribution < 1.29 is 13.2 Å². The van der Waals surface area contributed by atoms with E-state index in [0.29, 0.717) is 21.9 Å². The van der Waals surface area contributed by atoms with Gasteiger partial charge in [-0.3, -0.25) is 9.78 Å². The Kier molecular flexibility index (Phi) is 5.57. The maximum atomic E-state index is 13.1. The quantitative estimate of drug-likeness (QED) is 0.478. The van der Waals surface area contributed by atoms with Crippen LogP contribution in [-0.2, 0) is 10.0 Å². The first-order valence-corrected chi connectivity index (χ1v) is 12.1. The number of benzene rings is 1. The van der Waals surface area contributed by atoms with Crippen molar-refractivity contribution in [2.75, 3.05) is 26.2 Å². The second-order valence-electron chi connectivity index (χ2n) is 7.58. The third kappa shape index (κ3) is 4.20. The van der Waals surface area contributed by atoms with Gasteiger partial charge in [-0.1, -0.05) is 17.7 Å². The highest BCUT2D eigenvalue weighted by Gasteiger charge is 2.32. The number of halogens is 1. The highest BCUT2D eigenvalue weighted by Crippen LogP contribution is 2.25. The summed E-state index contributed by atoms with van der Waals surface area (Å²) in [7, 11) is -3.72. The largest absolute Gasteiger partial charge is 0.345 e. The minimum atomic E-state index is -3.72. The molecule has 1 aliphatic rings. The second-order valence-corrected chi connectivity index (χ2v) is 9.92. The van der Waals surface area contributed by atoms with Crippen LogP contribution in [0.2, 0.25) is 5.02 Å². The molecule has 5 rings (SSSR count). The molecule has 9 nitrogen and oxygen atoms in total. The number of hydrogen-bond acceptors (Lipinski definition) is 6. The van der Waals surface area contributed by atoms with Crippen molar-refractivity contribution in [3.8, 4) is 11.4 Å². The van der Waals surface area contributed by atoms with Gasteiger partial charge in [-0.15, -0.1) is 10.2 Å². The average molecular weight is 483 g/mol. The molecule has 1 saturated heterocycles. The lowest BCUT2D eigenvalue weighted by atomic mass is 10.2. The number of carbonyl (C=O) groups is 1. The Labute approximate surface area is 195 Å². The maximum Gasteiger partial charge on any atom is 0.274 e. The van der Waals surface area contributed by atoms with Gasteiger partial charge in [-0.2, -0.15) is 4.31 Å². The van der Waals surface area contributed by atoms with Crippen LogP contribution in [0.1, 0.15) is 10.5 Å². The first kappa shape index (κ1) is 21.5. The van der Waals surface area contributed by atoms with E-state index in [-0.39, 0.29) is 42.8 Å². The van der Waals surface area contributed by atoms with Gasteiger partial charge in [-0.25, -0.2) is 8.42 Å². The van der Waals surface area contributed by atoms with Crippen molar-refractivity contribution >= 4 is 38.4 Å². The molecule has 168 valence electrons. The monoisotopic (exact) mass is 482 g/mol. The molecule has 33 heavy (non-hydrogen) atoms. The second kappa shape index (κ2) is 8.54. The Hall–Kier alpha value is -3.34. The predicted molar refractivity (Wildman–Crippen MR) is 123 cm³/mol. The molecule has 11 heteroatoms. The number of fused-ring (bicyclic) bond motifs is 1. The Morgan fingerprint density at radius 2 is 1.76 bits per heavy atom. The van der Waals surface area contributed by atoms with Crippen LogP contribution in [0.15, 0.2) is 65.8 Å². The molecule has 3 aromatic heterocycles. The Bertz CT molecular complexity index is 1420. The molecule has 0 spiro atoms. The maximum absolute atomic E-state index is 13.1. The van der Waals surface area contributed by atoms with E-state index in [1.54, 1.807) is 47.5 Å². The topological polar surface area (TPSA) is 112 Å². The number of rotatable bonds is 4. The van der Waals surface area contributed by atoms with Crippen LogP contribution in [-0.4, -0.2) is 69.9 Å². The van der Waals surface area contributed by atoms with Gasteiger partial charge in [0.05, 0.1) is 5.69 Å². The van der Waals surface area contributed by atoms with Crippen molar-refractivity contribution in [2.24, 2.45) is 0 Å². The fraction of sp³-hybridized carbons (Fsp3) is 0.182. The first-order valence-electron chi connectivity index (χ1n) is 10.2. The van der Waals surface area contributed by atoms with Gasteiger partial charge in [-0.05, 0) is 48.5 Å². The van der Waals surface area contributed by atoms with E-state index < -0.39 is 10.0 Å². The van der Waals surface area contributed by atoms with Crippen LogP contribution < -0.4 is 0 Å². The van der Waals surface area contributed by atoms with E-state index >= 15 is 0 Å². The number of amides is 1. The lowest BCUT2D eigenvalue weighted by Gasteiger charge is -2.33. The summed E-state index contributed by atoms with van der Waals surface area (Å²) in [5.41, 5.74) is 2.14. The number of aromatic nitrogens is 4. The number of nitrogens with one attached hydrogen (secondary N) is 1. The molecule has 4 aromatic rings. The van der Waals surface area contributed by atoms with Crippen LogP contribution in [0.5, 0.6) is 0 Å². The number of pyridine rings is 1. The summed E-state index contributed by atoms with van der Waals surface area (Å²) in [5, 5.41) is 9.52. The molecule has 0 radical (unpaired) electrons. The van der Waals surface area contributed by atoms with Crippen LogP contribution in [0.4, 0.5) is 0 Å². The third-order valence-electron chi connectivity index (χ3n) is 5.51. The Morgan fingerprint density at radius 3 is 2.45 bits per heavy atom. The highest BCUT2D eigenvalue weighted by molar-refractivity contribution is 7.89. The smallest absolute Gasteiger partial charge is 0.274 e. The van der Waals surface area contributed by atoms with Crippen molar-refractivity contribution in [1.29, 1.82) is 0 Å². The summed E-state index contributed by atoms with van der Waals surface area (Å²) in [6.07, 6.45) is 1.66. The number of nitrogens with zero attached hydrogens (tertiary/aromatic N) is 5. The SMILES string of the molecule is O=C(c1ccc(-c2ccccn2)nn1)N1CCN(S(=O)(=O)c2cc3cc(Cl)ccc3[nH]2)CC1. The number of sulfonamides is 1. The number of aromatic amines is 1. The van der Waals surface area contributed by atoms with Gasteiger partial charge in [0, 0.05) is 48.3 Å². The molecule has 1 fully saturated rings. The minimum absolute atomic E-state index is 0.107. The molecular formula is C22H19ClN6O3S. The fourth-order valence-corrected chi connectivity index (χ4v) is 5.36. The van der Waals surface area contributed by atoms with E-state index in [1.165, 1.54) is 4.31 Å². The Balaban J connectivity index is 1.26. The predicted octanol–water partition coefficient (Wildman–Crippen LogP) is 2.82. The number of H-pyrrole nitrogens is 1. The van der Waals surface area contributed by atoms with E-state index in [9.17, 15) is 13.2 Å². The molecule has 1 aliphatic heterocycles. The van der Waals surface area contributed by atoms with E-state index in [2.05, 4.69) is 20.2 Å². The minimum Gasteiger partial charge on any atom is -0.345 e. The standard InChI is InChI=1S/C22H19ClN6O3S/c23-16-4-5-17-15(13-16)14-21(25-17)33(31,32)29-11-9-28(10-12-29)22(30)20-7-6-19(26-27-20)18-3-1-2-8-24-18/h1-8,13-14,25H,9-12H2. The summed E-state index contributed by atoms with van der Waals surface area (Å²) in [6, 6.07) is 15.5. The van der Waals surface area contributed by atoms with Gasteiger partial charge >= 0.3 is 0 Å². The molecule has 4 heterocycles.